The first-order chi connectivity index (χ1) is 19.7. The Balaban J connectivity index is 1.92. The van der Waals surface area contributed by atoms with Crippen LogP contribution in [0.3, 0.4) is 0 Å². The summed E-state index contributed by atoms with van der Waals surface area (Å²) in [6.07, 6.45) is 3.09. The summed E-state index contributed by atoms with van der Waals surface area (Å²) in [7, 11) is 1.63. The molecule has 0 spiro atoms. The maximum Gasteiger partial charge on any atom is 0.243 e. The molecule has 0 unspecified atom stereocenters. The number of amides is 4. The molecule has 224 valence electrons. The monoisotopic (exact) mass is 587 g/mol. The second-order valence-corrected chi connectivity index (χ2v) is 10.6. The minimum Gasteiger partial charge on any atom is -0.508 e. The lowest BCUT2D eigenvalue weighted by atomic mass is 10.0. The molecule has 2 aromatic rings. The van der Waals surface area contributed by atoms with E-state index in [1.807, 2.05) is 36.6 Å². The third kappa shape index (κ3) is 12.2. The molecule has 2 aromatic carbocycles. The van der Waals surface area contributed by atoms with Crippen molar-refractivity contribution in [2.24, 2.45) is 0 Å². The van der Waals surface area contributed by atoms with Gasteiger partial charge in [0.25, 0.3) is 0 Å². The van der Waals surface area contributed by atoms with Crippen LogP contribution in [0, 0.1) is 0 Å². The fourth-order valence-electron chi connectivity index (χ4n) is 3.97. The predicted octanol–water partition coefficient (Wildman–Crippen LogP) is 0.101. The lowest BCUT2D eigenvalue weighted by Crippen LogP contribution is -2.55. The van der Waals surface area contributed by atoms with Crippen molar-refractivity contribution in [3.8, 4) is 5.75 Å². The van der Waals surface area contributed by atoms with Gasteiger partial charge in [0.05, 0.1) is 25.2 Å². The molecule has 0 radical (unpaired) electrons. The highest BCUT2D eigenvalue weighted by atomic mass is 32.2. The van der Waals surface area contributed by atoms with E-state index in [-0.39, 0.29) is 18.8 Å². The molecule has 11 nitrogen and oxygen atoms in total. The van der Waals surface area contributed by atoms with E-state index in [1.165, 1.54) is 19.1 Å². The number of aliphatic hydroxyl groups is 1. The van der Waals surface area contributed by atoms with Gasteiger partial charge in [-0.15, -0.1) is 0 Å². The Bertz CT molecular complexity index is 1120. The van der Waals surface area contributed by atoms with E-state index in [0.29, 0.717) is 12.8 Å². The molecular weight excluding hydrogens is 546 g/mol. The average Bonchev–Trinajstić information content (AvgIpc) is 2.97. The molecule has 0 saturated heterocycles. The van der Waals surface area contributed by atoms with Gasteiger partial charge >= 0.3 is 0 Å². The van der Waals surface area contributed by atoms with Crippen molar-refractivity contribution in [2.45, 2.75) is 50.4 Å². The van der Waals surface area contributed by atoms with Crippen LogP contribution in [0.1, 0.15) is 24.5 Å². The van der Waals surface area contributed by atoms with Crippen LogP contribution < -0.4 is 26.6 Å². The van der Waals surface area contributed by atoms with E-state index < -0.39 is 54.3 Å². The Morgan fingerprint density at radius 1 is 0.829 bits per heavy atom. The Kier molecular flexibility index (Phi) is 14.7. The maximum absolute atomic E-state index is 13.0. The third-order valence-corrected chi connectivity index (χ3v) is 7.03. The van der Waals surface area contributed by atoms with E-state index in [0.717, 1.165) is 16.9 Å². The van der Waals surface area contributed by atoms with Gasteiger partial charge in [0.1, 0.15) is 17.8 Å². The van der Waals surface area contributed by atoms with Crippen molar-refractivity contribution >= 4 is 35.4 Å². The lowest BCUT2D eigenvalue weighted by Gasteiger charge is -2.23. The molecular formula is C29H41N5O6S. The highest BCUT2D eigenvalue weighted by Crippen LogP contribution is 2.11. The van der Waals surface area contributed by atoms with E-state index in [2.05, 4.69) is 26.6 Å². The number of carbonyl (C=O) groups excluding carboxylic acids is 4. The Morgan fingerprint density at radius 2 is 1.44 bits per heavy atom. The number of aliphatic hydroxyl groups excluding tert-OH is 1. The number of carbonyl (C=O) groups is 4. The first-order valence-corrected chi connectivity index (χ1v) is 14.8. The van der Waals surface area contributed by atoms with Crippen molar-refractivity contribution in [2.75, 3.05) is 32.2 Å². The smallest absolute Gasteiger partial charge is 0.243 e. The van der Waals surface area contributed by atoms with Crippen LogP contribution in [-0.4, -0.2) is 90.2 Å². The van der Waals surface area contributed by atoms with Gasteiger partial charge in [-0.05, 0) is 62.1 Å². The molecule has 7 N–H and O–H groups in total. The van der Waals surface area contributed by atoms with Gasteiger partial charge in [0, 0.05) is 6.42 Å². The van der Waals surface area contributed by atoms with Gasteiger partial charge in [0.2, 0.25) is 23.6 Å². The number of phenolic OH excluding ortho intramolecular Hbond substituents is 1. The van der Waals surface area contributed by atoms with Gasteiger partial charge in [0.15, 0.2) is 0 Å². The van der Waals surface area contributed by atoms with Crippen LogP contribution in [0.15, 0.2) is 54.6 Å². The summed E-state index contributed by atoms with van der Waals surface area (Å²) < 4.78 is 0. The zero-order chi connectivity index (χ0) is 30.2. The molecule has 0 fully saturated rings. The van der Waals surface area contributed by atoms with Crippen molar-refractivity contribution in [1.29, 1.82) is 0 Å². The van der Waals surface area contributed by atoms with Crippen LogP contribution in [0.2, 0.25) is 0 Å². The molecule has 0 aromatic heterocycles. The summed E-state index contributed by atoms with van der Waals surface area (Å²) in [5, 5.41) is 32.6. The highest BCUT2D eigenvalue weighted by molar-refractivity contribution is 7.98. The average molecular weight is 588 g/mol. The number of rotatable bonds is 17. The quantitative estimate of drug-likeness (QED) is 0.137. The van der Waals surface area contributed by atoms with Gasteiger partial charge in [-0.25, -0.2) is 0 Å². The van der Waals surface area contributed by atoms with Crippen LogP contribution in [0.4, 0.5) is 0 Å². The second kappa shape index (κ2) is 17.9. The van der Waals surface area contributed by atoms with Crippen molar-refractivity contribution in [3.05, 3.63) is 65.7 Å². The maximum atomic E-state index is 13.0. The van der Waals surface area contributed by atoms with Crippen molar-refractivity contribution in [3.63, 3.8) is 0 Å². The SMILES string of the molecule is CN[C@@H](Cc1ccc(O)cc1)C(=O)N[C@H](C)C(=O)NCC(=O)N[C@@H](Cc1ccccc1)C(=O)N[C@H](CO)CCSC. The predicted molar refractivity (Wildman–Crippen MR) is 159 cm³/mol. The molecule has 12 heteroatoms. The fourth-order valence-corrected chi connectivity index (χ4v) is 4.49. The zero-order valence-electron chi connectivity index (χ0n) is 23.7. The number of hydrogen-bond acceptors (Lipinski definition) is 8. The molecule has 0 bridgehead atoms. The summed E-state index contributed by atoms with van der Waals surface area (Å²) in [4.78, 5) is 51.1. The molecule has 41 heavy (non-hydrogen) atoms. The summed E-state index contributed by atoms with van der Waals surface area (Å²) in [5.41, 5.74) is 1.67. The van der Waals surface area contributed by atoms with E-state index in [1.54, 1.807) is 30.9 Å². The van der Waals surface area contributed by atoms with Crippen LogP contribution in [0.5, 0.6) is 5.75 Å². The zero-order valence-corrected chi connectivity index (χ0v) is 24.5. The fraction of sp³-hybridized carbons (Fsp3) is 0.448. The van der Waals surface area contributed by atoms with Gasteiger partial charge in [-0.2, -0.15) is 11.8 Å². The Morgan fingerprint density at radius 3 is 2.05 bits per heavy atom. The van der Waals surface area contributed by atoms with Gasteiger partial charge in [-0.3, -0.25) is 19.2 Å². The molecule has 4 atom stereocenters. The normalized spacial score (nSPS) is 13.8. The number of aromatic hydroxyl groups is 1. The van der Waals surface area contributed by atoms with E-state index in [9.17, 15) is 29.4 Å². The highest BCUT2D eigenvalue weighted by Gasteiger charge is 2.25. The Labute approximate surface area is 245 Å². The molecule has 0 aliphatic rings. The molecule has 0 aliphatic heterocycles. The van der Waals surface area contributed by atoms with Gasteiger partial charge < -0.3 is 36.8 Å². The molecule has 0 heterocycles. The molecule has 2 rings (SSSR count). The van der Waals surface area contributed by atoms with E-state index >= 15 is 0 Å². The van der Waals surface area contributed by atoms with Crippen LogP contribution in [-0.2, 0) is 32.0 Å². The Hall–Kier alpha value is -3.61. The molecule has 0 aliphatic carbocycles. The number of nitrogens with one attached hydrogen (secondary N) is 5. The minimum absolute atomic E-state index is 0.126. The van der Waals surface area contributed by atoms with Crippen LogP contribution in [0.25, 0.3) is 0 Å². The lowest BCUT2D eigenvalue weighted by molar-refractivity contribution is -0.132. The first-order valence-electron chi connectivity index (χ1n) is 13.4. The number of likely N-dealkylation sites (N-methyl/N-ethyl adjacent to an activating group) is 1. The standard InChI is InChI=1S/C29H41N5O6S/c1-19(32-28(39)24(30-2)15-21-9-11-23(36)12-10-21)27(38)31-17-26(37)34-25(16-20-7-5-4-6-8-20)29(40)33-22(18-35)13-14-41-3/h4-12,19,22,24-25,30,35-36H,13-18H2,1-3H3,(H,31,38)(H,32,39)(H,33,40)(H,34,37)/t19-,22+,24+,25+/m1/s1. The topological polar surface area (TPSA) is 169 Å². The summed E-state index contributed by atoms with van der Waals surface area (Å²) in [6.45, 7) is 0.894. The molecule has 0 saturated carbocycles. The first kappa shape index (κ1) is 33.6. The third-order valence-electron chi connectivity index (χ3n) is 6.39. The number of phenols is 1. The summed E-state index contributed by atoms with van der Waals surface area (Å²) in [5.74, 6) is -1.07. The minimum atomic E-state index is -0.920. The number of hydrogen-bond donors (Lipinski definition) is 7. The van der Waals surface area contributed by atoms with Crippen molar-refractivity contribution in [1.82, 2.24) is 26.6 Å². The summed E-state index contributed by atoms with van der Waals surface area (Å²) >= 11 is 1.60. The largest absolute Gasteiger partial charge is 0.508 e. The van der Waals surface area contributed by atoms with E-state index in [4.69, 9.17) is 0 Å². The van der Waals surface area contributed by atoms with Crippen molar-refractivity contribution < 1.29 is 29.4 Å². The van der Waals surface area contributed by atoms with Gasteiger partial charge in [-0.1, -0.05) is 42.5 Å². The van der Waals surface area contributed by atoms with Crippen LogP contribution >= 0.6 is 11.8 Å². The molecule has 4 amide bonds. The summed E-state index contributed by atoms with van der Waals surface area (Å²) in [6, 6.07) is 12.8. The number of thioether (sulfide) groups is 1. The second-order valence-electron chi connectivity index (χ2n) is 9.64. The number of benzene rings is 2.